The maximum atomic E-state index is 13.9. The normalized spacial score (nSPS) is 32.1. The highest BCUT2D eigenvalue weighted by molar-refractivity contribution is 9.10. The average molecular weight is 678 g/mol. The third kappa shape index (κ3) is 3.87. The molecule has 2 aliphatic heterocycles. The quantitative estimate of drug-likeness (QED) is 0.278. The molecular weight excluding hydrogens is 651 g/mol. The number of phenolic OH excluding ortho intramolecular Hbond substituents is 2. The highest BCUT2D eigenvalue weighted by Gasteiger charge is 2.75. The summed E-state index contributed by atoms with van der Waals surface area (Å²) in [5.41, 5.74) is 1.97. The Bertz CT molecular complexity index is 1580. The van der Waals surface area contributed by atoms with Crippen LogP contribution >= 0.6 is 39.1 Å². The van der Waals surface area contributed by atoms with Crippen molar-refractivity contribution in [1.82, 2.24) is 9.80 Å². The summed E-state index contributed by atoms with van der Waals surface area (Å²) in [5, 5.41) is 20.1. The molecule has 4 amide bonds. The van der Waals surface area contributed by atoms with E-state index in [1.807, 2.05) is 6.08 Å². The van der Waals surface area contributed by atoms with Crippen LogP contribution in [0.2, 0.25) is 0 Å². The van der Waals surface area contributed by atoms with Crippen LogP contribution in [0.1, 0.15) is 29.9 Å². The van der Waals surface area contributed by atoms with Crippen LogP contribution in [0, 0.1) is 17.8 Å². The van der Waals surface area contributed by atoms with Gasteiger partial charge in [0.15, 0.2) is 21.2 Å². The number of allylic oxidation sites excluding steroid dienone is 2. The maximum Gasteiger partial charge on any atom is 0.253 e. The molecule has 2 aromatic rings. The van der Waals surface area contributed by atoms with Crippen molar-refractivity contribution in [2.45, 2.75) is 34.9 Å². The number of amides is 4. The van der Waals surface area contributed by atoms with Crippen LogP contribution in [-0.4, -0.2) is 74.1 Å². The number of phenols is 2. The van der Waals surface area contributed by atoms with Crippen LogP contribution in [0.15, 0.2) is 52.5 Å². The van der Waals surface area contributed by atoms with E-state index in [1.165, 1.54) is 19.1 Å². The molecule has 0 spiro atoms. The smallest absolute Gasteiger partial charge is 0.253 e. The molecule has 0 unspecified atom stereocenters. The second kappa shape index (κ2) is 9.99. The van der Waals surface area contributed by atoms with E-state index in [2.05, 4.69) is 15.9 Å². The first kappa shape index (κ1) is 29.0. The number of fused-ring (bicyclic) bond motifs is 4. The highest BCUT2D eigenvalue weighted by atomic mass is 79.9. The Hall–Kier alpha value is -3.08. The Morgan fingerprint density at radius 2 is 1.71 bits per heavy atom. The fourth-order valence-corrected chi connectivity index (χ4v) is 8.70. The van der Waals surface area contributed by atoms with Gasteiger partial charge in [0.25, 0.3) is 11.8 Å². The van der Waals surface area contributed by atoms with Crippen molar-refractivity contribution in [3.05, 3.63) is 63.6 Å². The molecule has 1 saturated carbocycles. The zero-order valence-electron chi connectivity index (χ0n) is 22.6. The number of benzene rings is 2. The summed E-state index contributed by atoms with van der Waals surface area (Å²) in [7, 11) is 2.72. The van der Waals surface area contributed by atoms with Crippen LogP contribution in [0.25, 0.3) is 0 Å². The number of hydrogen-bond acceptors (Lipinski definition) is 7. The van der Waals surface area contributed by atoms with Crippen molar-refractivity contribution >= 4 is 62.8 Å². The van der Waals surface area contributed by atoms with Gasteiger partial charge in [-0.1, -0.05) is 23.8 Å². The van der Waals surface area contributed by atoms with Gasteiger partial charge in [0.05, 0.1) is 23.4 Å². The van der Waals surface area contributed by atoms with Crippen LogP contribution in [0.5, 0.6) is 17.2 Å². The van der Waals surface area contributed by atoms with Crippen LogP contribution in [0.4, 0.5) is 0 Å². The van der Waals surface area contributed by atoms with E-state index in [0.29, 0.717) is 17.6 Å². The van der Waals surface area contributed by atoms with Gasteiger partial charge >= 0.3 is 0 Å². The Kier molecular flexibility index (Phi) is 6.90. The number of carbonyl (C=O) groups is 4. The number of alkyl halides is 2. The largest absolute Gasteiger partial charge is 0.508 e. The Morgan fingerprint density at radius 3 is 2.38 bits per heavy atom. The maximum absolute atomic E-state index is 13.9. The molecule has 6 rings (SSSR count). The highest BCUT2D eigenvalue weighted by Crippen LogP contribution is 2.65. The van der Waals surface area contributed by atoms with Gasteiger partial charge in [-0.3, -0.25) is 29.0 Å². The molecule has 2 heterocycles. The first-order chi connectivity index (χ1) is 19.8. The van der Waals surface area contributed by atoms with Gasteiger partial charge in [-0.2, -0.15) is 0 Å². The molecule has 0 aromatic heterocycles. The van der Waals surface area contributed by atoms with Crippen molar-refractivity contribution in [3.63, 3.8) is 0 Å². The van der Waals surface area contributed by atoms with Crippen LogP contribution < -0.4 is 4.74 Å². The number of ether oxygens (including phenoxy) is 1. The van der Waals surface area contributed by atoms with E-state index in [4.69, 9.17) is 27.9 Å². The fraction of sp³-hybridized carbons (Fsp3) is 0.400. The predicted octanol–water partition coefficient (Wildman–Crippen LogP) is 4.10. The van der Waals surface area contributed by atoms with Gasteiger partial charge in [0.2, 0.25) is 11.8 Å². The first-order valence-corrected chi connectivity index (χ1v) is 15.0. The summed E-state index contributed by atoms with van der Waals surface area (Å²) < 4.78 is 5.64. The molecule has 220 valence electrons. The summed E-state index contributed by atoms with van der Waals surface area (Å²) in [4.78, 5) is 53.2. The van der Waals surface area contributed by atoms with Crippen LogP contribution in [0.3, 0.4) is 0 Å². The van der Waals surface area contributed by atoms with Gasteiger partial charge in [0, 0.05) is 19.5 Å². The number of likely N-dealkylation sites (tertiary alicyclic amines) is 2. The van der Waals surface area contributed by atoms with Crippen molar-refractivity contribution in [3.8, 4) is 17.2 Å². The van der Waals surface area contributed by atoms with Gasteiger partial charge in [-0.25, -0.2) is 0 Å². The van der Waals surface area contributed by atoms with E-state index >= 15 is 0 Å². The monoisotopic (exact) mass is 676 g/mol. The van der Waals surface area contributed by atoms with E-state index < -0.39 is 45.2 Å². The number of methoxy groups -OCH3 is 1. The molecule has 4 aliphatic rings. The summed E-state index contributed by atoms with van der Waals surface area (Å²) in [6, 6.07) is 9.71. The van der Waals surface area contributed by atoms with Gasteiger partial charge in [-0.05, 0) is 76.5 Å². The Balaban J connectivity index is 1.43. The Morgan fingerprint density at radius 1 is 1.02 bits per heavy atom. The molecule has 2 aromatic carbocycles. The molecule has 2 aliphatic carbocycles. The number of nitrogens with zero attached hydrogens (tertiary/aromatic N) is 2. The summed E-state index contributed by atoms with van der Waals surface area (Å²) >= 11 is 17.7. The lowest BCUT2D eigenvalue weighted by atomic mass is 9.56. The standard InChI is InChI=1S/C30H27BrCl2N2O7/c1-34-27(40)29(32)13-19-17(23(30(29,33)28(34)41)15-11-20(31)24(37)21(12-15)42-2)7-8-18-22(19)26(39)35(25(18)38)10-9-14-3-5-16(36)6-4-14/h3-7,11-12,18-19,22-23,36-37H,8-10,13H2,1-2H3/t18-,19+,22-,23-,29+,30-/m0/s1. The number of carbonyl (C=O) groups excluding carboxylic acids is 4. The SMILES string of the molecule is COc1cc([C@H]2C3=CC[C@@H]4C(=O)N(CCc5ccc(O)cc5)C(=O)[C@@H]4[C@@H]3C[C@@]3(Cl)C(=O)N(C)C(=O)[C@@]23Cl)cc(Br)c1O. The molecule has 2 saturated heterocycles. The minimum atomic E-state index is -1.93. The lowest BCUT2D eigenvalue weighted by molar-refractivity contribution is -0.141. The first-order valence-electron chi connectivity index (χ1n) is 13.4. The van der Waals surface area contributed by atoms with Crippen molar-refractivity contribution in [1.29, 1.82) is 0 Å². The molecular formula is C30H27BrCl2N2O7. The topological polar surface area (TPSA) is 124 Å². The van der Waals surface area contributed by atoms with Gasteiger partial charge in [-0.15, -0.1) is 23.2 Å². The molecule has 6 atom stereocenters. The van der Waals surface area contributed by atoms with E-state index in [9.17, 15) is 29.4 Å². The van der Waals surface area contributed by atoms with Gasteiger partial charge < -0.3 is 14.9 Å². The second-order valence-electron chi connectivity index (χ2n) is 11.3. The van der Waals surface area contributed by atoms with E-state index in [-0.39, 0.29) is 52.9 Å². The lowest BCUT2D eigenvalue weighted by Crippen LogP contribution is -2.60. The molecule has 9 nitrogen and oxygen atoms in total. The summed E-state index contributed by atoms with van der Waals surface area (Å²) in [5.74, 6) is -4.91. The predicted molar refractivity (Wildman–Crippen MR) is 156 cm³/mol. The third-order valence-corrected chi connectivity index (χ3v) is 11.3. The van der Waals surface area contributed by atoms with Crippen molar-refractivity contribution < 1.29 is 34.1 Å². The number of aromatic hydroxyl groups is 2. The molecule has 0 radical (unpaired) electrons. The van der Waals surface area contributed by atoms with Crippen molar-refractivity contribution in [2.75, 3.05) is 20.7 Å². The average Bonchev–Trinajstić information content (AvgIpc) is 3.28. The fourth-order valence-electron chi connectivity index (χ4n) is 7.22. The zero-order chi connectivity index (χ0) is 30.3. The Labute approximate surface area is 260 Å². The zero-order valence-corrected chi connectivity index (χ0v) is 25.7. The summed E-state index contributed by atoms with van der Waals surface area (Å²) in [6.45, 7) is 0.161. The number of imide groups is 2. The molecule has 0 bridgehead atoms. The summed E-state index contributed by atoms with van der Waals surface area (Å²) in [6.07, 6.45) is 2.42. The minimum absolute atomic E-state index is 0.0995. The van der Waals surface area contributed by atoms with E-state index in [1.54, 1.807) is 36.4 Å². The lowest BCUT2D eigenvalue weighted by Gasteiger charge is -2.50. The van der Waals surface area contributed by atoms with Crippen LogP contribution in [-0.2, 0) is 25.6 Å². The van der Waals surface area contributed by atoms with E-state index in [0.717, 1.165) is 10.5 Å². The molecule has 42 heavy (non-hydrogen) atoms. The molecule has 2 N–H and O–H groups in total. The number of halogens is 3. The molecule has 3 fully saturated rings. The minimum Gasteiger partial charge on any atom is -0.508 e. The third-order valence-electron chi connectivity index (χ3n) is 9.27. The molecule has 12 heteroatoms. The van der Waals surface area contributed by atoms with Gasteiger partial charge in [0.1, 0.15) is 5.75 Å². The second-order valence-corrected chi connectivity index (χ2v) is 13.4. The number of hydrogen-bond donors (Lipinski definition) is 2. The van der Waals surface area contributed by atoms with Crippen molar-refractivity contribution in [2.24, 2.45) is 17.8 Å². The number of rotatable bonds is 5.